The van der Waals surface area contributed by atoms with Crippen molar-refractivity contribution in [2.24, 2.45) is 0 Å². The van der Waals surface area contributed by atoms with E-state index in [0.29, 0.717) is 33.9 Å². The van der Waals surface area contributed by atoms with Crippen LogP contribution in [0.4, 0.5) is 14.7 Å². The van der Waals surface area contributed by atoms with Crippen molar-refractivity contribution in [1.29, 1.82) is 0 Å². The molecule has 31 heavy (non-hydrogen) atoms. The van der Waals surface area contributed by atoms with Gasteiger partial charge in [0, 0.05) is 28.5 Å². The second-order valence-electron chi connectivity index (χ2n) is 7.44. The summed E-state index contributed by atoms with van der Waals surface area (Å²) in [5, 5.41) is 8.74. The van der Waals surface area contributed by atoms with Crippen LogP contribution >= 0.6 is 23.4 Å². The molecule has 3 aromatic rings. The van der Waals surface area contributed by atoms with Gasteiger partial charge in [0.2, 0.25) is 11.1 Å². The SMILES string of the molecule is O=C1CCCC2=C1[C@@H](c1ccc(F)cc1)n1nc(SCc3ccc(F)cc3Cl)nc1N2. The lowest BCUT2D eigenvalue weighted by atomic mass is 9.85. The van der Waals surface area contributed by atoms with Crippen molar-refractivity contribution in [2.45, 2.75) is 36.2 Å². The van der Waals surface area contributed by atoms with Crippen molar-refractivity contribution in [2.75, 3.05) is 5.32 Å². The van der Waals surface area contributed by atoms with E-state index >= 15 is 0 Å². The highest BCUT2D eigenvalue weighted by Gasteiger charge is 2.36. The molecule has 0 saturated heterocycles. The van der Waals surface area contributed by atoms with Crippen LogP contribution in [-0.4, -0.2) is 20.5 Å². The molecule has 0 spiro atoms. The Morgan fingerprint density at radius 3 is 2.68 bits per heavy atom. The summed E-state index contributed by atoms with van der Waals surface area (Å²) >= 11 is 7.49. The Kier molecular flexibility index (Phi) is 5.27. The first-order chi connectivity index (χ1) is 15.0. The predicted molar refractivity (Wildman–Crippen MR) is 115 cm³/mol. The second kappa shape index (κ2) is 8.09. The largest absolute Gasteiger partial charge is 0.328 e. The summed E-state index contributed by atoms with van der Waals surface area (Å²) in [4.78, 5) is 17.4. The number of thioether (sulfide) groups is 1. The molecular formula is C22H17ClF2N4OS. The van der Waals surface area contributed by atoms with Crippen LogP contribution in [-0.2, 0) is 10.5 Å². The topological polar surface area (TPSA) is 59.8 Å². The monoisotopic (exact) mass is 458 g/mol. The Bertz CT molecular complexity index is 1210. The zero-order valence-electron chi connectivity index (χ0n) is 16.2. The number of benzene rings is 2. The first-order valence-electron chi connectivity index (χ1n) is 9.81. The fourth-order valence-corrected chi connectivity index (χ4v) is 5.08. The van der Waals surface area contributed by atoms with Gasteiger partial charge in [-0.15, -0.1) is 5.10 Å². The summed E-state index contributed by atoms with van der Waals surface area (Å²) in [6.07, 6.45) is 2.01. The zero-order chi connectivity index (χ0) is 21.5. The number of allylic oxidation sites excluding steroid dienone is 2. The Morgan fingerprint density at radius 2 is 1.90 bits per heavy atom. The lowest BCUT2D eigenvalue weighted by Crippen LogP contribution is -2.31. The van der Waals surface area contributed by atoms with Gasteiger partial charge < -0.3 is 5.32 Å². The molecule has 0 bridgehead atoms. The number of Topliss-reactive ketones (excluding diaryl/α,β-unsaturated/α-hetero) is 1. The molecule has 1 N–H and O–H groups in total. The molecule has 1 aromatic heterocycles. The molecule has 0 amide bonds. The maximum Gasteiger partial charge on any atom is 0.227 e. The first kappa shape index (κ1) is 20.2. The molecule has 0 fully saturated rings. The number of carbonyl (C=O) groups excluding carboxylic acids is 1. The Hall–Kier alpha value is -2.71. The van der Waals surface area contributed by atoms with Gasteiger partial charge in [-0.2, -0.15) is 4.98 Å². The van der Waals surface area contributed by atoms with E-state index in [2.05, 4.69) is 15.4 Å². The van der Waals surface area contributed by atoms with Crippen molar-refractivity contribution in [1.82, 2.24) is 14.8 Å². The summed E-state index contributed by atoms with van der Waals surface area (Å²) in [7, 11) is 0. The Labute approximate surface area is 186 Å². The molecule has 9 heteroatoms. The van der Waals surface area contributed by atoms with Crippen molar-refractivity contribution >= 4 is 35.1 Å². The fourth-order valence-electron chi connectivity index (χ4n) is 3.93. The van der Waals surface area contributed by atoms with Gasteiger partial charge in [0.25, 0.3) is 0 Å². The van der Waals surface area contributed by atoms with E-state index in [1.807, 2.05) is 0 Å². The van der Waals surface area contributed by atoms with Crippen LogP contribution in [0.5, 0.6) is 0 Å². The summed E-state index contributed by atoms with van der Waals surface area (Å²) in [5.41, 5.74) is 3.06. The van der Waals surface area contributed by atoms with Gasteiger partial charge in [0.1, 0.15) is 17.7 Å². The molecule has 2 aliphatic rings. The molecule has 5 rings (SSSR count). The summed E-state index contributed by atoms with van der Waals surface area (Å²) in [5.74, 6) is 0.345. The smallest absolute Gasteiger partial charge is 0.227 e. The number of nitrogens with zero attached hydrogens (tertiary/aromatic N) is 3. The average Bonchev–Trinajstić information content (AvgIpc) is 3.15. The molecule has 5 nitrogen and oxygen atoms in total. The maximum absolute atomic E-state index is 13.5. The molecule has 0 unspecified atom stereocenters. The number of aromatic nitrogens is 3. The number of fused-ring (bicyclic) bond motifs is 1. The summed E-state index contributed by atoms with van der Waals surface area (Å²) < 4.78 is 28.5. The van der Waals surface area contributed by atoms with Crippen molar-refractivity contribution < 1.29 is 13.6 Å². The Morgan fingerprint density at radius 1 is 1.13 bits per heavy atom. The van der Waals surface area contributed by atoms with E-state index in [4.69, 9.17) is 11.6 Å². The highest BCUT2D eigenvalue weighted by molar-refractivity contribution is 7.98. The molecule has 1 aliphatic heterocycles. The van der Waals surface area contributed by atoms with E-state index in [1.165, 1.54) is 36.0 Å². The van der Waals surface area contributed by atoms with Crippen molar-refractivity contribution in [3.63, 3.8) is 0 Å². The minimum absolute atomic E-state index is 0.0662. The molecule has 1 aliphatic carbocycles. The summed E-state index contributed by atoms with van der Waals surface area (Å²) in [6, 6.07) is 9.93. The van der Waals surface area contributed by atoms with Gasteiger partial charge in [-0.25, -0.2) is 13.5 Å². The molecular weight excluding hydrogens is 442 g/mol. The highest BCUT2D eigenvalue weighted by atomic mass is 35.5. The maximum atomic E-state index is 13.5. The predicted octanol–water partition coefficient (Wildman–Crippen LogP) is 5.52. The number of halogens is 3. The number of anilines is 1. The minimum Gasteiger partial charge on any atom is -0.328 e. The van der Waals surface area contributed by atoms with Gasteiger partial charge in [-0.05, 0) is 48.2 Å². The van der Waals surface area contributed by atoms with Gasteiger partial charge in [0.15, 0.2) is 5.78 Å². The molecule has 2 aromatic carbocycles. The van der Waals surface area contributed by atoms with Gasteiger partial charge in [-0.1, -0.05) is 41.6 Å². The lowest BCUT2D eigenvalue weighted by Gasteiger charge is -2.32. The number of rotatable bonds is 4. The van der Waals surface area contributed by atoms with E-state index in [0.717, 1.165) is 29.7 Å². The first-order valence-corrected chi connectivity index (χ1v) is 11.2. The summed E-state index contributed by atoms with van der Waals surface area (Å²) in [6.45, 7) is 0. The van der Waals surface area contributed by atoms with Crippen molar-refractivity contribution in [3.05, 3.63) is 81.5 Å². The van der Waals surface area contributed by atoms with E-state index < -0.39 is 6.04 Å². The van der Waals surface area contributed by atoms with Crippen LogP contribution in [0.2, 0.25) is 5.02 Å². The van der Waals surface area contributed by atoms with Gasteiger partial charge in [0.05, 0.1) is 0 Å². The average molecular weight is 459 g/mol. The van der Waals surface area contributed by atoms with E-state index in [-0.39, 0.29) is 17.4 Å². The van der Waals surface area contributed by atoms with Crippen LogP contribution in [0.15, 0.2) is 58.9 Å². The quantitative estimate of drug-likeness (QED) is 0.521. The normalized spacial score (nSPS) is 17.9. The van der Waals surface area contributed by atoms with Gasteiger partial charge >= 0.3 is 0 Å². The number of carbonyl (C=O) groups is 1. The fraction of sp³-hybridized carbons (Fsp3) is 0.227. The minimum atomic E-state index is -0.462. The molecule has 158 valence electrons. The third kappa shape index (κ3) is 3.85. The van der Waals surface area contributed by atoms with Crippen LogP contribution < -0.4 is 5.32 Å². The molecule has 1 atom stereocenters. The second-order valence-corrected chi connectivity index (χ2v) is 8.78. The van der Waals surface area contributed by atoms with E-state index in [1.54, 1.807) is 22.9 Å². The molecule has 2 heterocycles. The number of nitrogens with one attached hydrogen (secondary N) is 1. The zero-order valence-corrected chi connectivity index (χ0v) is 17.8. The van der Waals surface area contributed by atoms with Gasteiger partial charge in [-0.3, -0.25) is 4.79 Å². The third-order valence-electron chi connectivity index (χ3n) is 5.41. The van der Waals surface area contributed by atoms with Crippen LogP contribution in [0, 0.1) is 11.6 Å². The van der Waals surface area contributed by atoms with E-state index in [9.17, 15) is 13.6 Å². The Balaban J connectivity index is 1.49. The number of hydrogen-bond acceptors (Lipinski definition) is 5. The number of ketones is 1. The van der Waals surface area contributed by atoms with Crippen molar-refractivity contribution in [3.8, 4) is 0 Å². The highest BCUT2D eigenvalue weighted by Crippen LogP contribution is 2.40. The third-order valence-corrected chi connectivity index (χ3v) is 6.64. The standard InChI is InChI=1S/C22H17ClF2N4OS/c23-16-10-15(25)9-6-13(16)11-31-22-27-21-26-17-2-1-3-18(30)19(17)20(29(21)28-22)12-4-7-14(24)8-5-12/h4-10,20H,1-3,11H2,(H,26,27,28)/t20-/m1/s1. The lowest BCUT2D eigenvalue weighted by molar-refractivity contribution is -0.116. The number of hydrogen-bond donors (Lipinski definition) is 1. The molecule has 0 saturated carbocycles. The van der Waals surface area contributed by atoms with Crippen LogP contribution in [0.3, 0.4) is 0 Å². The molecule has 0 radical (unpaired) electrons. The van der Waals surface area contributed by atoms with Crippen LogP contribution in [0.25, 0.3) is 0 Å². The van der Waals surface area contributed by atoms with Crippen LogP contribution in [0.1, 0.15) is 36.4 Å².